The first-order valence-corrected chi connectivity index (χ1v) is 5.56. The van der Waals surface area contributed by atoms with Crippen molar-refractivity contribution in [3.63, 3.8) is 0 Å². The van der Waals surface area contributed by atoms with E-state index in [0.717, 1.165) is 13.0 Å². The normalized spacial score (nSPS) is 19.7. The van der Waals surface area contributed by atoms with E-state index in [9.17, 15) is 4.79 Å². The molecule has 1 atom stereocenters. The van der Waals surface area contributed by atoms with Crippen molar-refractivity contribution >= 4 is 5.91 Å². The number of nitrogens with zero attached hydrogens (tertiary/aromatic N) is 1. The van der Waals surface area contributed by atoms with Crippen LogP contribution in [0.25, 0.3) is 0 Å². The highest BCUT2D eigenvalue weighted by atomic mass is 16.3. The van der Waals surface area contributed by atoms with E-state index in [1.165, 1.54) is 12.8 Å². The van der Waals surface area contributed by atoms with Crippen LogP contribution in [0.2, 0.25) is 0 Å². The summed E-state index contributed by atoms with van der Waals surface area (Å²) in [5.41, 5.74) is 0.273. The van der Waals surface area contributed by atoms with Gasteiger partial charge in [-0.2, -0.15) is 0 Å². The number of aliphatic hydroxyl groups excluding tert-OH is 1. The van der Waals surface area contributed by atoms with Crippen LogP contribution in [0.1, 0.15) is 26.2 Å². The lowest BCUT2D eigenvalue weighted by Crippen LogP contribution is -2.43. The molecule has 1 saturated carbocycles. The van der Waals surface area contributed by atoms with Crippen LogP contribution >= 0.6 is 0 Å². The van der Waals surface area contributed by atoms with Gasteiger partial charge in [0.15, 0.2) is 0 Å². The third-order valence-corrected chi connectivity index (χ3v) is 3.19. The molecular formula is C11H22N2O2. The Morgan fingerprint density at radius 3 is 2.53 bits per heavy atom. The van der Waals surface area contributed by atoms with Crippen molar-refractivity contribution in [2.45, 2.75) is 32.2 Å². The SMILES string of the molecule is CC(NCC1(CCO)CC1)C(=O)N(C)C. The van der Waals surface area contributed by atoms with Crippen LogP contribution in [0.3, 0.4) is 0 Å². The monoisotopic (exact) mass is 214 g/mol. The zero-order chi connectivity index (χ0) is 11.5. The molecule has 0 aromatic rings. The quantitative estimate of drug-likeness (QED) is 0.665. The Morgan fingerprint density at radius 2 is 2.13 bits per heavy atom. The molecule has 1 fully saturated rings. The first kappa shape index (κ1) is 12.5. The summed E-state index contributed by atoms with van der Waals surface area (Å²) >= 11 is 0. The first-order valence-electron chi connectivity index (χ1n) is 5.56. The molecular weight excluding hydrogens is 192 g/mol. The molecule has 1 amide bonds. The van der Waals surface area contributed by atoms with Gasteiger partial charge in [0.2, 0.25) is 5.91 Å². The molecule has 0 aliphatic heterocycles. The van der Waals surface area contributed by atoms with Gasteiger partial charge in [-0.1, -0.05) is 0 Å². The lowest BCUT2D eigenvalue weighted by atomic mass is 10.0. The molecule has 4 heteroatoms. The van der Waals surface area contributed by atoms with Crippen LogP contribution in [0.5, 0.6) is 0 Å². The van der Waals surface area contributed by atoms with E-state index in [4.69, 9.17) is 5.11 Å². The van der Waals surface area contributed by atoms with Crippen molar-refractivity contribution in [2.75, 3.05) is 27.2 Å². The van der Waals surface area contributed by atoms with E-state index in [1.54, 1.807) is 19.0 Å². The summed E-state index contributed by atoms with van der Waals surface area (Å²) in [4.78, 5) is 13.2. The van der Waals surface area contributed by atoms with E-state index < -0.39 is 0 Å². The standard InChI is InChI=1S/C11H22N2O2/c1-9(10(15)13(2)3)12-8-11(4-5-11)6-7-14/h9,12,14H,4-8H2,1-3H3. The molecule has 1 rings (SSSR count). The van der Waals surface area contributed by atoms with Gasteiger partial charge >= 0.3 is 0 Å². The van der Waals surface area contributed by atoms with Crippen LogP contribution in [-0.4, -0.2) is 49.2 Å². The minimum Gasteiger partial charge on any atom is -0.396 e. The largest absolute Gasteiger partial charge is 0.396 e. The third kappa shape index (κ3) is 3.47. The highest BCUT2D eigenvalue weighted by Gasteiger charge is 2.41. The van der Waals surface area contributed by atoms with Gasteiger partial charge in [0, 0.05) is 27.2 Å². The fourth-order valence-corrected chi connectivity index (χ4v) is 1.77. The molecule has 2 N–H and O–H groups in total. The summed E-state index contributed by atoms with van der Waals surface area (Å²) in [6.45, 7) is 2.98. The highest BCUT2D eigenvalue weighted by molar-refractivity contribution is 5.80. The fourth-order valence-electron chi connectivity index (χ4n) is 1.77. The Labute approximate surface area is 91.6 Å². The number of hydrogen-bond donors (Lipinski definition) is 2. The second-order valence-electron chi connectivity index (χ2n) is 4.81. The van der Waals surface area contributed by atoms with Gasteiger partial charge in [0.05, 0.1) is 6.04 Å². The fraction of sp³-hybridized carbons (Fsp3) is 0.909. The topological polar surface area (TPSA) is 52.6 Å². The summed E-state index contributed by atoms with van der Waals surface area (Å²) in [6, 6.07) is -0.129. The number of nitrogens with one attached hydrogen (secondary N) is 1. The van der Waals surface area contributed by atoms with Crippen molar-refractivity contribution in [1.29, 1.82) is 0 Å². The van der Waals surface area contributed by atoms with Crippen LogP contribution in [0, 0.1) is 5.41 Å². The zero-order valence-corrected chi connectivity index (χ0v) is 9.92. The summed E-state index contributed by atoms with van der Waals surface area (Å²) < 4.78 is 0. The molecule has 0 aromatic heterocycles. The molecule has 1 aliphatic rings. The maximum Gasteiger partial charge on any atom is 0.238 e. The Kier molecular flexibility index (Phi) is 4.11. The Morgan fingerprint density at radius 1 is 1.53 bits per heavy atom. The minimum absolute atomic E-state index is 0.106. The van der Waals surface area contributed by atoms with Crippen molar-refractivity contribution < 1.29 is 9.90 Å². The van der Waals surface area contributed by atoms with E-state index in [2.05, 4.69) is 5.32 Å². The number of amides is 1. The van der Waals surface area contributed by atoms with Crippen LogP contribution in [-0.2, 0) is 4.79 Å². The average Bonchev–Trinajstić information content (AvgIpc) is 2.94. The third-order valence-electron chi connectivity index (χ3n) is 3.19. The maximum absolute atomic E-state index is 11.6. The van der Waals surface area contributed by atoms with Crippen LogP contribution in [0.4, 0.5) is 0 Å². The summed E-state index contributed by atoms with van der Waals surface area (Å²) in [5, 5.41) is 12.2. The average molecular weight is 214 g/mol. The van der Waals surface area contributed by atoms with E-state index in [1.807, 2.05) is 6.92 Å². The number of likely N-dealkylation sites (N-methyl/N-ethyl adjacent to an activating group) is 1. The molecule has 0 aromatic carbocycles. The molecule has 0 saturated heterocycles. The lowest BCUT2D eigenvalue weighted by Gasteiger charge is -2.21. The van der Waals surface area contributed by atoms with Gasteiger partial charge in [-0.15, -0.1) is 0 Å². The smallest absolute Gasteiger partial charge is 0.238 e. The summed E-state index contributed by atoms with van der Waals surface area (Å²) in [5.74, 6) is 0.106. The first-order chi connectivity index (χ1) is 7.01. The molecule has 0 bridgehead atoms. The van der Waals surface area contributed by atoms with Gasteiger partial charge in [0.25, 0.3) is 0 Å². The van der Waals surface area contributed by atoms with Crippen molar-refractivity contribution in [3.05, 3.63) is 0 Å². The number of aliphatic hydroxyl groups is 1. The highest BCUT2D eigenvalue weighted by Crippen LogP contribution is 2.47. The second kappa shape index (κ2) is 4.94. The molecule has 0 heterocycles. The van der Waals surface area contributed by atoms with Crippen molar-refractivity contribution in [1.82, 2.24) is 10.2 Å². The summed E-state index contributed by atoms with van der Waals surface area (Å²) in [7, 11) is 3.53. The molecule has 1 unspecified atom stereocenters. The molecule has 1 aliphatic carbocycles. The molecule has 15 heavy (non-hydrogen) atoms. The molecule has 0 radical (unpaired) electrons. The Hall–Kier alpha value is -0.610. The van der Waals surface area contributed by atoms with E-state index in [-0.39, 0.29) is 24.0 Å². The van der Waals surface area contributed by atoms with Gasteiger partial charge in [-0.25, -0.2) is 0 Å². The maximum atomic E-state index is 11.6. The lowest BCUT2D eigenvalue weighted by molar-refractivity contribution is -0.130. The number of carbonyl (C=O) groups excluding carboxylic acids is 1. The predicted octanol–water partition coefficient (Wildman–Crippen LogP) is 0.215. The molecule has 0 spiro atoms. The van der Waals surface area contributed by atoms with E-state index in [0.29, 0.717) is 0 Å². The van der Waals surface area contributed by atoms with E-state index >= 15 is 0 Å². The second-order valence-corrected chi connectivity index (χ2v) is 4.81. The zero-order valence-electron chi connectivity index (χ0n) is 9.92. The van der Waals surface area contributed by atoms with Gasteiger partial charge in [0.1, 0.15) is 0 Å². The van der Waals surface area contributed by atoms with Gasteiger partial charge < -0.3 is 15.3 Å². The van der Waals surface area contributed by atoms with Crippen molar-refractivity contribution in [3.8, 4) is 0 Å². The van der Waals surface area contributed by atoms with Crippen LogP contribution < -0.4 is 5.32 Å². The number of rotatable bonds is 6. The Bertz CT molecular complexity index is 225. The van der Waals surface area contributed by atoms with Gasteiger partial charge in [-0.05, 0) is 31.6 Å². The number of carbonyl (C=O) groups is 1. The predicted molar refractivity (Wildman–Crippen MR) is 59.5 cm³/mol. The summed E-state index contributed by atoms with van der Waals surface area (Å²) in [6.07, 6.45) is 3.19. The van der Waals surface area contributed by atoms with Crippen molar-refractivity contribution in [2.24, 2.45) is 5.41 Å². The Balaban J connectivity index is 2.28. The number of hydrogen-bond acceptors (Lipinski definition) is 3. The van der Waals surface area contributed by atoms with Crippen LogP contribution in [0.15, 0.2) is 0 Å². The minimum atomic E-state index is -0.129. The molecule has 4 nitrogen and oxygen atoms in total. The van der Waals surface area contributed by atoms with Gasteiger partial charge in [-0.3, -0.25) is 4.79 Å². The molecule has 88 valence electrons.